The lowest BCUT2D eigenvalue weighted by molar-refractivity contribution is 0.152. The number of hydrogen-bond acceptors (Lipinski definition) is 7. The standard InChI is InChI=1S/C10H17N5O2/c1-16-8-9(14-11)12-7-13-10(8)15-3-2-5-17-6-4-15/h7H,2-6,11H2,1H3,(H,12,13,14). The normalized spacial score (nSPS) is 16.5. The largest absolute Gasteiger partial charge is 0.490 e. The molecule has 1 aliphatic heterocycles. The molecule has 0 saturated carbocycles. The number of nitrogens with zero attached hydrogens (tertiary/aromatic N) is 3. The lowest BCUT2D eigenvalue weighted by Gasteiger charge is -2.23. The molecule has 7 heteroatoms. The fourth-order valence-electron chi connectivity index (χ4n) is 1.84. The molecule has 1 aliphatic rings. The van der Waals surface area contributed by atoms with E-state index in [0.717, 1.165) is 31.9 Å². The maximum atomic E-state index is 5.41. The van der Waals surface area contributed by atoms with Crippen LogP contribution in [-0.2, 0) is 4.74 Å². The van der Waals surface area contributed by atoms with Gasteiger partial charge in [-0.2, -0.15) is 0 Å². The number of hydrazine groups is 1. The van der Waals surface area contributed by atoms with Crippen molar-refractivity contribution in [3.8, 4) is 5.75 Å². The smallest absolute Gasteiger partial charge is 0.205 e. The average molecular weight is 239 g/mol. The molecule has 2 rings (SSSR count). The van der Waals surface area contributed by atoms with Gasteiger partial charge in [0.2, 0.25) is 5.75 Å². The molecule has 2 heterocycles. The molecule has 1 aromatic heterocycles. The van der Waals surface area contributed by atoms with Crippen molar-refractivity contribution in [2.45, 2.75) is 6.42 Å². The number of nitrogens with one attached hydrogen (secondary N) is 1. The van der Waals surface area contributed by atoms with Crippen molar-refractivity contribution < 1.29 is 9.47 Å². The lowest BCUT2D eigenvalue weighted by Crippen LogP contribution is -2.28. The zero-order valence-corrected chi connectivity index (χ0v) is 9.85. The van der Waals surface area contributed by atoms with E-state index in [2.05, 4.69) is 20.3 Å². The predicted octanol–water partition coefficient (Wildman–Crippen LogP) is -0.00250. The van der Waals surface area contributed by atoms with Crippen LogP contribution in [0.5, 0.6) is 5.75 Å². The minimum atomic E-state index is 0.489. The van der Waals surface area contributed by atoms with Gasteiger partial charge in [0.05, 0.1) is 13.7 Å². The molecule has 3 N–H and O–H groups in total. The molecule has 0 spiro atoms. The highest BCUT2D eigenvalue weighted by Crippen LogP contribution is 2.31. The van der Waals surface area contributed by atoms with Gasteiger partial charge in [0, 0.05) is 19.7 Å². The summed E-state index contributed by atoms with van der Waals surface area (Å²) in [5.74, 6) is 7.20. The van der Waals surface area contributed by atoms with Gasteiger partial charge >= 0.3 is 0 Å². The van der Waals surface area contributed by atoms with Gasteiger partial charge in [-0.05, 0) is 6.42 Å². The Bertz CT molecular complexity index is 366. The molecule has 0 aromatic carbocycles. The van der Waals surface area contributed by atoms with E-state index >= 15 is 0 Å². The number of hydrogen-bond donors (Lipinski definition) is 2. The first kappa shape index (κ1) is 11.9. The number of nitrogens with two attached hydrogens (primary N) is 1. The fourth-order valence-corrected chi connectivity index (χ4v) is 1.84. The summed E-state index contributed by atoms with van der Waals surface area (Å²) < 4.78 is 10.7. The molecule has 7 nitrogen and oxygen atoms in total. The van der Waals surface area contributed by atoms with Crippen molar-refractivity contribution in [3.63, 3.8) is 0 Å². The summed E-state index contributed by atoms with van der Waals surface area (Å²) in [5, 5.41) is 0. The molecule has 0 amide bonds. The molecule has 1 fully saturated rings. The zero-order valence-electron chi connectivity index (χ0n) is 9.85. The van der Waals surface area contributed by atoms with Gasteiger partial charge in [0.25, 0.3) is 0 Å². The van der Waals surface area contributed by atoms with Crippen LogP contribution >= 0.6 is 0 Å². The Morgan fingerprint density at radius 1 is 1.41 bits per heavy atom. The quantitative estimate of drug-likeness (QED) is 0.567. The van der Waals surface area contributed by atoms with E-state index in [4.69, 9.17) is 15.3 Å². The van der Waals surface area contributed by atoms with Crippen molar-refractivity contribution in [2.24, 2.45) is 5.84 Å². The van der Waals surface area contributed by atoms with Crippen LogP contribution in [0.4, 0.5) is 11.6 Å². The van der Waals surface area contributed by atoms with Crippen LogP contribution in [0.3, 0.4) is 0 Å². The van der Waals surface area contributed by atoms with Gasteiger partial charge in [0.1, 0.15) is 6.33 Å². The predicted molar refractivity (Wildman–Crippen MR) is 64.0 cm³/mol. The molecule has 94 valence electrons. The van der Waals surface area contributed by atoms with Crippen molar-refractivity contribution in [2.75, 3.05) is 43.7 Å². The molecule has 0 radical (unpaired) electrons. The zero-order chi connectivity index (χ0) is 12.1. The third-order valence-electron chi connectivity index (χ3n) is 2.65. The summed E-state index contributed by atoms with van der Waals surface area (Å²) in [7, 11) is 1.58. The highest BCUT2D eigenvalue weighted by molar-refractivity contribution is 5.64. The summed E-state index contributed by atoms with van der Waals surface area (Å²) in [5.41, 5.74) is 2.51. The summed E-state index contributed by atoms with van der Waals surface area (Å²) >= 11 is 0. The van der Waals surface area contributed by atoms with Crippen LogP contribution in [0, 0.1) is 0 Å². The first-order valence-corrected chi connectivity index (χ1v) is 5.55. The lowest BCUT2D eigenvalue weighted by atomic mass is 10.3. The van der Waals surface area contributed by atoms with E-state index in [1.807, 2.05) is 0 Å². The van der Waals surface area contributed by atoms with E-state index in [-0.39, 0.29) is 0 Å². The number of ether oxygens (including phenoxy) is 2. The van der Waals surface area contributed by atoms with E-state index in [1.54, 1.807) is 7.11 Å². The SMILES string of the molecule is COc1c(NN)ncnc1N1CCCOCC1. The Balaban J connectivity index is 2.29. The molecule has 0 atom stereocenters. The Kier molecular flexibility index (Phi) is 3.94. The second kappa shape index (κ2) is 5.65. The third kappa shape index (κ3) is 2.56. The number of anilines is 2. The molecule has 0 unspecified atom stereocenters. The van der Waals surface area contributed by atoms with Crippen molar-refractivity contribution in [1.82, 2.24) is 9.97 Å². The van der Waals surface area contributed by atoms with E-state index < -0.39 is 0 Å². The van der Waals surface area contributed by atoms with Crippen LogP contribution in [0.1, 0.15) is 6.42 Å². The van der Waals surface area contributed by atoms with Gasteiger partial charge in [-0.3, -0.25) is 0 Å². The number of methoxy groups -OCH3 is 1. The molecule has 17 heavy (non-hydrogen) atoms. The number of rotatable bonds is 3. The monoisotopic (exact) mass is 239 g/mol. The first-order valence-electron chi connectivity index (χ1n) is 5.55. The van der Waals surface area contributed by atoms with Gasteiger partial charge in [-0.25, -0.2) is 15.8 Å². The second-order valence-corrected chi connectivity index (χ2v) is 3.68. The Labute approximate surface area is 99.9 Å². The Hall–Kier alpha value is -1.60. The van der Waals surface area contributed by atoms with Crippen LogP contribution in [0.15, 0.2) is 6.33 Å². The Morgan fingerprint density at radius 3 is 3.06 bits per heavy atom. The van der Waals surface area contributed by atoms with E-state index in [9.17, 15) is 0 Å². The van der Waals surface area contributed by atoms with Crippen LogP contribution in [-0.4, -0.2) is 43.4 Å². The van der Waals surface area contributed by atoms with Gasteiger partial charge in [-0.15, -0.1) is 0 Å². The van der Waals surface area contributed by atoms with Crippen LogP contribution in [0.25, 0.3) is 0 Å². The first-order chi connectivity index (χ1) is 8.36. The number of nitrogen functional groups attached to an aromatic ring is 1. The van der Waals surface area contributed by atoms with Gasteiger partial charge in [0.15, 0.2) is 11.6 Å². The third-order valence-corrected chi connectivity index (χ3v) is 2.65. The highest BCUT2D eigenvalue weighted by Gasteiger charge is 2.18. The summed E-state index contributed by atoms with van der Waals surface area (Å²) in [6.45, 7) is 3.15. The summed E-state index contributed by atoms with van der Waals surface area (Å²) in [6.07, 6.45) is 2.44. The maximum absolute atomic E-state index is 5.41. The van der Waals surface area contributed by atoms with E-state index in [0.29, 0.717) is 18.2 Å². The van der Waals surface area contributed by atoms with Crippen molar-refractivity contribution in [3.05, 3.63) is 6.33 Å². The molecule has 0 bridgehead atoms. The highest BCUT2D eigenvalue weighted by atomic mass is 16.5. The van der Waals surface area contributed by atoms with Crippen LogP contribution < -0.4 is 20.9 Å². The molecule has 0 aliphatic carbocycles. The van der Waals surface area contributed by atoms with Crippen molar-refractivity contribution in [1.29, 1.82) is 0 Å². The summed E-state index contributed by atoms with van der Waals surface area (Å²) in [4.78, 5) is 10.4. The fraction of sp³-hybridized carbons (Fsp3) is 0.600. The van der Waals surface area contributed by atoms with Gasteiger partial charge in [-0.1, -0.05) is 0 Å². The maximum Gasteiger partial charge on any atom is 0.205 e. The molecule has 1 aromatic rings. The van der Waals surface area contributed by atoms with Crippen molar-refractivity contribution >= 4 is 11.6 Å². The minimum Gasteiger partial charge on any atom is -0.490 e. The molecular formula is C10H17N5O2. The number of aromatic nitrogens is 2. The molecule has 1 saturated heterocycles. The van der Waals surface area contributed by atoms with Crippen LogP contribution in [0.2, 0.25) is 0 Å². The van der Waals surface area contributed by atoms with Gasteiger partial charge < -0.3 is 19.8 Å². The minimum absolute atomic E-state index is 0.489. The Morgan fingerprint density at radius 2 is 2.29 bits per heavy atom. The van der Waals surface area contributed by atoms with E-state index in [1.165, 1.54) is 6.33 Å². The summed E-state index contributed by atoms with van der Waals surface area (Å²) in [6, 6.07) is 0. The molecular weight excluding hydrogens is 222 g/mol. The topological polar surface area (TPSA) is 85.5 Å². The average Bonchev–Trinajstić information content (AvgIpc) is 2.66. The second-order valence-electron chi connectivity index (χ2n) is 3.68.